The van der Waals surface area contributed by atoms with Crippen molar-refractivity contribution in [1.82, 2.24) is 4.98 Å². The summed E-state index contributed by atoms with van der Waals surface area (Å²) in [7, 11) is 1.69. The Labute approximate surface area is 173 Å². The normalized spacial score (nSPS) is 12.6. The number of benzene rings is 3. The molecule has 1 aromatic heterocycles. The Hall–Kier alpha value is -3.57. The number of carboxylic acid groups (broad SMARTS) is 1. The molecular weight excluding hydrogens is 378 g/mol. The summed E-state index contributed by atoms with van der Waals surface area (Å²) in [5.74, 6) is -1.32. The molecule has 5 heteroatoms. The van der Waals surface area contributed by atoms with E-state index in [1.807, 2.05) is 0 Å². The van der Waals surface area contributed by atoms with Gasteiger partial charge in [-0.25, -0.2) is 4.79 Å². The third-order valence-corrected chi connectivity index (χ3v) is 5.87. The number of methoxy groups -OCH3 is 1. The monoisotopic (exact) mass is 399 g/mol. The van der Waals surface area contributed by atoms with Crippen LogP contribution in [0.2, 0.25) is 0 Å². The standard InChI is InChI=1S/C25H21NO4/c1-30-13-14-2-4-15(5-3-14)16-6-8-18-19-9-7-17-10-21(25(28)29)23(27)12-20(17)24(19)26-22(18)11-16/h2-6,8,10-12,26-27H,7,9,13H2,1H3,(H,28,29). The number of aryl methyl sites for hydroxylation is 2. The zero-order valence-electron chi connectivity index (χ0n) is 16.5. The van der Waals surface area contributed by atoms with Crippen molar-refractivity contribution in [3.63, 3.8) is 0 Å². The van der Waals surface area contributed by atoms with Crippen molar-refractivity contribution >= 4 is 16.9 Å². The Bertz CT molecular complexity index is 1280. The first-order chi connectivity index (χ1) is 14.5. The van der Waals surface area contributed by atoms with Crippen LogP contribution >= 0.6 is 0 Å². The van der Waals surface area contributed by atoms with Gasteiger partial charge in [0, 0.05) is 23.6 Å². The van der Waals surface area contributed by atoms with Crippen molar-refractivity contribution in [3.8, 4) is 28.1 Å². The maximum absolute atomic E-state index is 11.3. The van der Waals surface area contributed by atoms with Gasteiger partial charge in [0.2, 0.25) is 0 Å². The third-order valence-electron chi connectivity index (χ3n) is 5.87. The number of aromatic nitrogens is 1. The molecule has 0 bridgehead atoms. The third kappa shape index (κ3) is 2.95. The second-order valence-electron chi connectivity index (χ2n) is 7.70. The van der Waals surface area contributed by atoms with E-state index in [1.54, 1.807) is 19.2 Å². The maximum Gasteiger partial charge on any atom is 0.339 e. The van der Waals surface area contributed by atoms with Gasteiger partial charge in [0.25, 0.3) is 0 Å². The van der Waals surface area contributed by atoms with E-state index in [2.05, 4.69) is 47.4 Å². The minimum atomic E-state index is -1.11. The average Bonchev–Trinajstić information content (AvgIpc) is 3.12. The zero-order chi connectivity index (χ0) is 20.8. The molecule has 5 nitrogen and oxygen atoms in total. The van der Waals surface area contributed by atoms with Crippen molar-refractivity contribution < 1.29 is 19.7 Å². The lowest BCUT2D eigenvalue weighted by Crippen LogP contribution is -2.06. The molecular formula is C25H21NO4. The molecule has 0 atom stereocenters. The number of nitrogens with one attached hydrogen (secondary N) is 1. The molecule has 0 spiro atoms. The van der Waals surface area contributed by atoms with Crippen molar-refractivity contribution in [2.75, 3.05) is 7.11 Å². The van der Waals surface area contributed by atoms with E-state index in [4.69, 9.17) is 4.74 Å². The highest BCUT2D eigenvalue weighted by Gasteiger charge is 2.24. The molecule has 5 rings (SSSR count). The smallest absolute Gasteiger partial charge is 0.339 e. The lowest BCUT2D eigenvalue weighted by Gasteiger charge is -2.18. The molecule has 3 aromatic carbocycles. The molecule has 30 heavy (non-hydrogen) atoms. The number of fused-ring (bicyclic) bond motifs is 5. The first-order valence-electron chi connectivity index (χ1n) is 9.87. The molecule has 4 aromatic rings. The molecule has 0 amide bonds. The number of phenols is 1. The van der Waals surface area contributed by atoms with Crippen LogP contribution in [0, 0.1) is 0 Å². The molecule has 0 saturated heterocycles. The largest absolute Gasteiger partial charge is 0.507 e. The topological polar surface area (TPSA) is 82.5 Å². The number of hydrogen-bond donors (Lipinski definition) is 3. The Morgan fingerprint density at radius 3 is 2.53 bits per heavy atom. The number of ether oxygens (including phenoxy) is 1. The van der Waals surface area contributed by atoms with Gasteiger partial charge in [-0.05, 0) is 58.9 Å². The van der Waals surface area contributed by atoms with Gasteiger partial charge in [0.05, 0.1) is 12.3 Å². The van der Waals surface area contributed by atoms with E-state index in [-0.39, 0.29) is 11.3 Å². The summed E-state index contributed by atoms with van der Waals surface area (Å²) in [5.41, 5.74) is 8.37. The Morgan fingerprint density at radius 2 is 1.80 bits per heavy atom. The molecule has 1 aliphatic rings. The van der Waals surface area contributed by atoms with Crippen LogP contribution in [0.4, 0.5) is 0 Å². The number of aromatic hydroxyl groups is 1. The number of hydrogen-bond acceptors (Lipinski definition) is 3. The van der Waals surface area contributed by atoms with Gasteiger partial charge in [-0.3, -0.25) is 0 Å². The summed E-state index contributed by atoms with van der Waals surface area (Å²) >= 11 is 0. The van der Waals surface area contributed by atoms with Gasteiger partial charge in [-0.1, -0.05) is 36.4 Å². The molecule has 0 fully saturated rings. The number of carbonyl (C=O) groups is 1. The Morgan fingerprint density at radius 1 is 1.03 bits per heavy atom. The summed E-state index contributed by atoms with van der Waals surface area (Å²) in [6.07, 6.45) is 1.58. The predicted molar refractivity (Wildman–Crippen MR) is 116 cm³/mol. The van der Waals surface area contributed by atoms with Crippen LogP contribution in [0.25, 0.3) is 33.3 Å². The van der Waals surface area contributed by atoms with Crippen LogP contribution in [-0.2, 0) is 24.2 Å². The number of aromatic amines is 1. The van der Waals surface area contributed by atoms with Gasteiger partial charge in [-0.15, -0.1) is 0 Å². The van der Waals surface area contributed by atoms with Gasteiger partial charge in [0.15, 0.2) is 0 Å². The zero-order valence-corrected chi connectivity index (χ0v) is 16.5. The number of aromatic carboxylic acids is 1. The van der Waals surface area contributed by atoms with Crippen LogP contribution in [0.15, 0.2) is 54.6 Å². The van der Waals surface area contributed by atoms with E-state index >= 15 is 0 Å². The highest BCUT2D eigenvalue weighted by atomic mass is 16.5. The van der Waals surface area contributed by atoms with Gasteiger partial charge in [-0.2, -0.15) is 0 Å². The minimum absolute atomic E-state index is 0.0486. The van der Waals surface area contributed by atoms with Gasteiger partial charge >= 0.3 is 5.97 Å². The average molecular weight is 399 g/mol. The second kappa shape index (κ2) is 7.04. The summed E-state index contributed by atoms with van der Waals surface area (Å²) in [5, 5.41) is 20.6. The SMILES string of the molecule is COCc1ccc(-c2ccc3c4c([nH]c3c2)-c2cc(O)c(C(=O)O)cc2CC4)cc1. The summed E-state index contributed by atoms with van der Waals surface area (Å²) < 4.78 is 5.18. The molecule has 1 aliphatic carbocycles. The van der Waals surface area contributed by atoms with Crippen molar-refractivity contribution in [1.29, 1.82) is 0 Å². The van der Waals surface area contributed by atoms with Crippen LogP contribution in [0.1, 0.15) is 27.0 Å². The van der Waals surface area contributed by atoms with E-state index in [0.717, 1.165) is 57.3 Å². The highest BCUT2D eigenvalue weighted by molar-refractivity contribution is 5.97. The number of carboxylic acids is 1. The van der Waals surface area contributed by atoms with E-state index in [1.165, 1.54) is 5.56 Å². The van der Waals surface area contributed by atoms with Crippen LogP contribution in [0.5, 0.6) is 5.75 Å². The highest BCUT2D eigenvalue weighted by Crippen LogP contribution is 2.41. The number of rotatable bonds is 4. The van der Waals surface area contributed by atoms with Gasteiger partial charge in [0.1, 0.15) is 11.3 Å². The van der Waals surface area contributed by atoms with Crippen LogP contribution < -0.4 is 0 Å². The van der Waals surface area contributed by atoms with E-state index in [0.29, 0.717) is 6.61 Å². The summed E-state index contributed by atoms with van der Waals surface area (Å²) in [4.78, 5) is 14.9. The van der Waals surface area contributed by atoms with Crippen LogP contribution in [0.3, 0.4) is 0 Å². The van der Waals surface area contributed by atoms with Crippen molar-refractivity contribution in [2.24, 2.45) is 0 Å². The second-order valence-corrected chi connectivity index (χ2v) is 7.70. The summed E-state index contributed by atoms with van der Waals surface area (Å²) in [6.45, 7) is 0.596. The van der Waals surface area contributed by atoms with E-state index < -0.39 is 5.97 Å². The first-order valence-corrected chi connectivity index (χ1v) is 9.87. The summed E-state index contributed by atoms with van der Waals surface area (Å²) in [6, 6.07) is 17.9. The fraction of sp³-hybridized carbons (Fsp3) is 0.160. The molecule has 1 heterocycles. The van der Waals surface area contributed by atoms with E-state index in [9.17, 15) is 15.0 Å². The fourth-order valence-electron chi connectivity index (χ4n) is 4.39. The lowest BCUT2D eigenvalue weighted by atomic mass is 9.87. The molecule has 0 saturated carbocycles. The van der Waals surface area contributed by atoms with Gasteiger partial charge < -0.3 is 19.9 Å². The molecule has 0 radical (unpaired) electrons. The fourth-order valence-corrected chi connectivity index (χ4v) is 4.39. The number of H-pyrrole nitrogens is 1. The molecule has 0 aliphatic heterocycles. The minimum Gasteiger partial charge on any atom is -0.507 e. The van der Waals surface area contributed by atoms with Crippen molar-refractivity contribution in [3.05, 3.63) is 76.9 Å². The lowest BCUT2D eigenvalue weighted by molar-refractivity contribution is 0.0693. The Kier molecular flexibility index (Phi) is 4.33. The first kappa shape index (κ1) is 18.5. The predicted octanol–water partition coefficient (Wildman–Crippen LogP) is 5.15. The maximum atomic E-state index is 11.3. The quantitative estimate of drug-likeness (QED) is 0.443. The van der Waals surface area contributed by atoms with Crippen molar-refractivity contribution in [2.45, 2.75) is 19.4 Å². The Balaban J connectivity index is 1.59. The molecule has 150 valence electrons. The molecule has 0 unspecified atom stereocenters. The molecule has 3 N–H and O–H groups in total. The van der Waals surface area contributed by atoms with Crippen LogP contribution in [-0.4, -0.2) is 28.3 Å².